The van der Waals surface area contributed by atoms with Gasteiger partial charge in [-0.2, -0.15) is 0 Å². The van der Waals surface area contributed by atoms with Crippen LogP contribution in [0.4, 0.5) is 0 Å². The third-order valence-corrected chi connectivity index (χ3v) is 7.60. The van der Waals surface area contributed by atoms with Crippen molar-refractivity contribution in [2.75, 3.05) is 19.6 Å². The Bertz CT molecular complexity index is 1100. The van der Waals surface area contributed by atoms with Crippen molar-refractivity contribution in [2.24, 2.45) is 5.92 Å². The average molecular weight is 498 g/mol. The summed E-state index contributed by atoms with van der Waals surface area (Å²) >= 11 is 0. The van der Waals surface area contributed by atoms with Crippen LogP contribution in [0.5, 0.6) is 0 Å². The first-order valence-electron chi connectivity index (χ1n) is 13.3. The molecule has 0 radical (unpaired) electrons. The molecule has 0 unspecified atom stereocenters. The van der Waals surface area contributed by atoms with Crippen LogP contribution in [0.3, 0.4) is 0 Å². The molecule has 3 aromatic rings. The fourth-order valence-corrected chi connectivity index (χ4v) is 5.21. The summed E-state index contributed by atoms with van der Waals surface area (Å²) in [6.07, 6.45) is 1.68. The molecule has 0 aliphatic carbocycles. The number of ketones is 1. The number of nitrogens with zero attached hydrogens (tertiary/aromatic N) is 1. The Morgan fingerprint density at radius 1 is 0.784 bits per heavy atom. The van der Waals surface area contributed by atoms with E-state index in [-0.39, 0.29) is 17.1 Å². The summed E-state index contributed by atoms with van der Waals surface area (Å²) in [5.74, 6) is 0.251. The number of aliphatic hydroxyl groups is 1. The van der Waals surface area contributed by atoms with E-state index < -0.39 is 5.60 Å². The fourth-order valence-electron chi connectivity index (χ4n) is 5.21. The summed E-state index contributed by atoms with van der Waals surface area (Å²) < 4.78 is 0. The van der Waals surface area contributed by atoms with E-state index in [1.807, 2.05) is 12.1 Å². The third kappa shape index (κ3) is 6.66. The van der Waals surface area contributed by atoms with Gasteiger partial charge >= 0.3 is 0 Å². The van der Waals surface area contributed by atoms with Gasteiger partial charge in [0.1, 0.15) is 5.60 Å². The standard InChI is InChI=1S/C32H39NO2.C2H4/c1-23-6-12-27(13-7-23)32(35,28-14-8-24(2)9-15-28)29-18-20-33(21-19-29)22-30(34)25-10-16-26(17-11-25)31(3,4)5;1-2/h6-17,29,35H,18-22H2,1-5H3;1-2H2. The molecule has 0 bridgehead atoms. The molecular weight excluding hydrogens is 454 g/mol. The van der Waals surface area contributed by atoms with Crippen molar-refractivity contribution >= 4 is 5.78 Å². The summed E-state index contributed by atoms with van der Waals surface area (Å²) in [7, 11) is 0. The van der Waals surface area contributed by atoms with Gasteiger partial charge in [-0.1, -0.05) is 105 Å². The van der Waals surface area contributed by atoms with Crippen molar-refractivity contribution in [1.29, 1.82) is 0 Å². The molecule has 1 heterocycles. The van der Waals surface area contributed by atoms with Crippen LogP contribution in [-0.2, 0) is 11.0 Å². The third-order valence-electron chi connectivity index (χ3n) is 7.60. The Labute approximate surface area is 223 Å². The number of rotatable bonds is 6. The summed E-state index contributed by atoms with van der Waals surface area (Å²) in [4.78, 5) is 15.2. The van der Waals surface area contributed by atoms with Gasteiger partial charge in [0.05, 0.1) is 6.54 Å². The van der Waals surface area contributed by atoms with Gasteiger partial charge in [-0.25, -0.2) is 0 Å². The first-order chi connectivity index (χ1) is 17.6. The Hall–Kier alpha value is -3.01. The molecule has 3 aromatic carbocycles. The zero-order valence-corrected chi connectivity index (χ0v) is 23.3. The van der Waals surface area contributed by atoms with Crippen LogP contribution in [0.2, 0.25) is 0 Å². The van der Waals surface area contributed by atoms with E-state index in [4.69, 9.17) is 0 Å². The van der Waals surface area contributed by atoms with E-state index in [1.165, 1.54) is 16.7 Å². The van der Waals surface area contributed by atoms with Gasteiger partial charge in [0, 0.05) is 5.56 Å². The molecular formula is C34H43NO2. The topological polar surface area (TPSA) is 40.5 Å². The van der Waals surface area contributed by atoms with E-state index in [2.05, 4.69) is 113 Å². The molecule has 1 N–H and O–H groups in total. The molecule has 0 amide bonds. The number of likely N-dealkylation sites (tertiary alicyclic amines) is 1. The zero-order valence-electron chi connectivity index (χ0n) is 23.3. The lowest BCUT2D eigenvalue weighted by molar-refractivity contribution is -0.0133. The number of hydrogen-bond donors (Lipinski definition) is 1. The monoisotopic (exact) mass is 497 g/mol. The Morgan fingerprint density at radius 2 is 1.19 bits per heavy atom. The highest BCUT2D eigenvalue weighted by Gasteiger charge is 2.41. The van der Waals surface area contributed by atoms with Gasteiger partial charge in [-0.05, 0) is 67.8 Å². The van der Waals surface area contributed by atoms with E-state index in [9.17, 15) is 9.90 Å². The lowest BCUT2D eigenvalue weighted by Crippen LogP contribution is -2.45. The molecule has 0 spiro atoms. The van der Waals surface area contributed by atoms with Gasteiger partial charge < -0.3 is 5.11 Å². The fraction of sp³-hybridized carbons (Fsp3) is 0.382. The highest BCUT2D eigenvalue weighted by molar-refractivity contribution is 5.97. The maximum absolute atomic E-state index is 13.0. The number of benzene rings is 3. The average Bonchev–Trinajstić information content (AvgIpc) is 2.90. The van der Waals surface area contributed by atoms with Crippen LogP contribution in [-0.4, -0.2) is 35.4 Å². The maximum Gasteiger partial charge on any atom is 0.176 e. The molecule has 37 heavy (non-hydrogen) atoms. The van der Waals surface area contributed by atoms with Gasteiger partial charge in [0.25, 0.3) is 0 Å². The van der Waals surface area contributed by atoms with E-state index in [1.54, 1.807) is 0 Å². The van der Waals surface area contributed by atoms with E-state index in [0.29, 0.717) is 6.54 Å². The number of carbonyl (C=O) groups is 1. The highest BCUT2D eigenvalue weighted by Crippen LogP contribution is 2.42. The van der Waals surface area contributed by atoms with Crippen molar-refractivity contribution in [3.05, 3.63) is 119 Å². The van der Waals surface area contributed by atoms with Crippen molar-refractivity contribution < 1.29 is 9.90 Å². The number of carbonyl (C=O) groups excluding carboxylic acids is 1. The smallest absolute Gasteiger partial charge is 0.176 e. The minimum absolute atomic E-state index is 0.0785. The van der Waals surface area contributed by atoms with E-state index >= 15 is 0 Å². The summed E-state index contributed by atoms with van der Waals surface area (Å²) in [5.41, 5.74) is 5.31. The molecule has 3 nitrogen and oxygen atoms in total. The van der Waals surface area contributed by atoms with Crippen LogP contribution in [0.25, 0.3) is 0 Å². The molecule has 0 atom stereocenters. The first-order valence-corrected chi connectivity index (χ1v) is 13.3. The molecule has 0 saturated carbocycles. The molecule has 196 valence electrons. The van der Waals surface area contributed by atoms with Crippen molar-refractivity contribution in [1.82, 2.24) is 4.90 Å². The predicted molar refractivity (Wildman–Crippen MR) is 155 cm³/mol. The second-order valence-corrected chi connectivity index (χ2v) is 11.3. The lowest BCUT2D eigenvalue weighted by Gasteiger charge is -2.42. The van der Waals surface area contributed by atoms with Gasteiger partial charge in [-0.15, -0.1) is 13.2 Å². The second-order valence-electron chi connectivity index (χ2n) is 11.3. The quantitative estimate of drug-likeness (QED) is 0.288. The van der Waals surface area contributed by atoms with Gasteiger partial charge in [0.15, 0.2) is 5.78 Å². The minimum Gasteiger partial charge on any atom is -0.380 e. The Balaban J connectivity index is 0.00000186. The summed E-state index contributed by atoms with van der Waals surface area (Å²) in [5, 5.41) is 12.2. The van der Waals surface area contributed by atoms with Crippen molar-refractivity contribution in [2.45, 2.75) is 58.5 Å². The van der Waals surface area contributed by atoms with Crippen LogP contribution < -0.4 is 0 Å². The van der Waals surface area contributed by atoms with Crippen molar-refractivity contribution in [3.8, 4) is 0 Å². The van der Waals surface area contributed by atoms with Crippen LogP contribution in [0.1, 0.15) is 71.8 Å². The van der Waals surface area contributed by atoms with E-state index in [0.717, 1.165) is 42.6 Å². The van der Waals surface area contributed by atoms with Crippen LogP contribution >= 0.6 is 0 Å². The highest BCUT2D eigenvalue weighted by atomic mass is 16.3. The molecule has 1 aliphatic rings. The van der Waals surface area contributed by atoms with Crippen LogP contribution in [0.15, 0.2) is 86.0 Å². The predicted octanol–water partition coefficient (Wildman–Crippen LogP) is 7.23. The Kier molecular flexibility index (Phi) is 9.28. The number of Topliss-reactive ketones (excluding diaryl/α,β-unsaturated/α-hetero) is 1. The first kappa shape index (κ1) is 28.6. The second kappa shape index (κ2) is 12.0. The molecule has 1 fully saturated rings. The molecule has 3 heteroatoms. The SMILES string of the molecule is C=C.Cc1ccc(C(O)(c2ccc(C)cc2)C2CCN(CC(=O)c3ccc(C(C)(C)C)cc3)CC2)cc1. The Morgan fingerprint density at radius 3 is 1.59 bits per heavy atom. The molecule has 1 saturated heterocycles. The number of piperidine rings is 1. The van der Waals surface area contributed by atoms with Gasteiger partial charge in [0.2, 0.25) is 0 Å². The maximum atomic E-state index is 13.0. The van der Waals surface area contributed by atoms with Crippen molar-refractivity contribution in [3.63, 3.8) is 0 Å². The summed E-state index contributed by atoms with van der Waals surface area (Å²) in [6, 6.07) is 24.6. The van der Waals surface area contributed by atoms with Gasteiger partial charge in [-0.3, -0.25) is 9.69 Å². The normalized spacial score (nSPS) is 15.1. The minimum atomic E-state index is -1.04. The van der Waals surface area contributed by atoms with Crippen LogP contribution in [0, 0.1) is 19.8 Å². The molecule has 4 rings (SSSR count). The zero-order chi connectivity index (χ0) is 27.2. The number of aryl methyl sites for hydroxylation is 2. The number of hydrogen-bond acceptors (Lipinski definition) is 3. The summed E-state index contributed by atoms with van der Waals surface area (Å²) in [6.45, 7) is 18.7. The lowest BCUT2D eigenvalue weighted by atomic mass is 9.72. The molecule has 1 aliphatic heterocycles. The molecule has 0 aromatic heterocycles. The largest absolute Gasteiger partial charge is 0.380 e.